The topological polar surface area (TPSA) is 64.1 Å². The van der Waals surface area contributed by atoms with Crippen LogP contribution in [0.3, 0.4) is 0 Å². The average molecular weight is 283 g/mol. The zero-order valence-electron chi connectivity index (χ0n) is 12.1. The van der Waals surface area contributed by atoms with Crippen LogP contribution in [0.25, 0.3) is 11.4 Å². The van der Waals surface area contributed by atoms with Crippen LogP contribution < -0.4 is 5.32 Å². The quantitative estimate of drug-likeness (QED) is 0.775. The minimum absolute atomic E-state index is 0.576. The van der Waals surface area contributed by atoms with E-state index in [1.54, 1.807) is 6.26 Å². The molecule has 1 N–H and O–H groups in total. The van der Waals surface area contributed by atoms with Gasteiger partial charge in [-0.15, -0.1) is 0 Å². The summed E-state index contributed by atoms with van der Waals surface area (Å²) in [4.78, 5) is 4.39. The molecule has 2 heterocycles. The second-order valence-corrected chi connectivity index (χ2v) is 4.89. The Bertz CT molecular complexity index is 730. The molecule has 21 heavy (non-hydrogen) atoms. The number of hydrogen-bond donors (Lipinski definition) is 1. The summed E-state index contributed by atoms with van der Waals surface area (Å²) >= 11 is 0. The van der Waals surface area contributed by atoms with E-state index in [4.69, 9.17) is 8.94 Å². The first kappa shape index (κ1) is 13.4. The Morgan fingerprint density at radius 2 is 2.00 bits per heavy atom. The summed E-state index contributed by atoms with van der Waals surface area (Å²) in [7, 11) is 0. The van der Waals surface area contributed by atoms with Crippen LogP contribution in [0.1, 0.15) is 17.2 Å². The molecule has 0 saturated carbocycles. The van der Waals surface area contributed by atoms with Gasteiger partial charge in [-0.1, -0.05) is 23.4 Å². The largest absolute Gasteiger partial charge is 0.469 e. The van der Waals surface area contributed by atoms with Gasteiger partial charge in [0, 0.05) is 18.7 Å². The van der Waals surface area contributed by atoms with Crippen LogP contribution in [0.2, 0.25) is 0 Å². The highest BCUT2D eigenvalue weighted by Crippen LogP contribution is 2.21. The molecule has 1 aromatic carbocycles. The van der Waals surface area contributed by atoms with Crippen molar-refractivity contribution in [2.75, 3.05) is 11.9 Å². The van der Waals surface area contributed by atoms with Crippen molar-refractivity contribution in [3.05, 3.63) is 53.8 Å². The highest BCUT2D eigenvalue weighted by atomic mass is 16.5. The third kappa shape index (κ3) is 2.97. The van der Waals surface area contributed by atoms with Gasteiger partial charge >= 0.3 is 0 Å². The van der Waals surface area contributed by atoms with Gasteiger partial charge in [0.1, 0.15) is 5.76 Å². The van der Waals surface area contributed by atoms with Crippen LogP contribution >= 0.6 is 0 Å². The van der Waals surface area contributed by atoms with E-state index in [2.05, 4.69) is 34.5 Å². The fourth-order valence-electron chi connectivity index (χ4n) is 2.16. The van der Waals surface area contributed by atoms with Crippen molar-refractivity contribution in [2.24, 2.45) is 0 Å². The lowest BCUT2D eigenvalue weighted by Gasteiger charge is -2.07. The lowest BCUT2D eigenvalue weighted by Crippen LogP contribution is -2.06. The molecule has 108 valence electrons. The fraction of sp³-hybridized carbons (Fsp3) is 0.250. The number of hydrogen-bond acceptors (Lipinski definition) is 5. The van der Waals surface area contributed by atoms with E-state index in [-0.39, 0.29) is 0 Å². The first-order chi connectivity index (χ1) is 10.2. The van der Waals surface area contributed by atoms with Crippen LogP contribution in [-0.4, -0.2) is 16.7 Å². The van der Waals surface area contributed by atoms with Crippen molar-refractivity contribution in [1.29, 1.82) is 0 Å². The molecule has 2 aromatic heterocycles. The molecule has 5 nitrogen and oxygen atoms in total. The standard InChI is InChI=1S/C16H17N3O2/c1-11-5-3-4-6-14(11)17-9-7-15-18-16(19-21-15)13-8-10-20-12(13)2/h3-6,8,10,17H,7,9H2,1-2H3. The van der Waals surface area contributed by atoms with Gasteiger partial charge in [0.25, 0.3) is 0 Å². The number of para-hydroxylation sites is 1. The maximum absolute atomic E-state index is 5.27. The minimum atomic E-state index is 0.576. The second-order valence-electron chi connectivity index (χ2n) is 4.89. The van der Waals surface area contributed by atoms with E-state index in [1.165, 1.54) is 5.56 Å². The first-order valence-electron chi connectivity index (χ1n) is 6.90. The minimum Gasteiger partial charge on any atom is -0.469 e. The molecular weight excluding hydrogens is 266 g/mol. The Hall–Kier alpha value is -2.56. The van der Waals surface area contributed by atoms with Crippen LogP contribution in [-0.2, 0) is 6.42 Å². The molecule has 0 atom stereocenters. The third-order valence-electron chi connectivity index (χ3n) is 3.37. The van der Waals surface area contributed by atoms with E-state index in [1.807, 2.05) is 25.1 Å². The van der Waals surface area contributed by atoms with Crippen LogP contribution in [0, 0.1) is 13.8 Å². The predicted octanol–water partition coefficient (Wildman–Crippen LogP) is 3.60. The highest BCUT2D eigenvalue weighted by molar-refractivity contribution is 5.56. The first-order valence-corrected chi connectivity index (χ1v) is 6.90. The lowest BCUT2D eigenvalue weighted by molar-refractivity contribution is 0.381. The van der Waals surface area contributed by atoms with Gasteiger partial charge in [-0.3, -0.25) is 0 Å². The van der Waals surface area contributed by atoms with Crippen molar-refractivity contribution in [3.63, 3.8) is 0 Å². The summed E-state index contributed by atoms with van der Waals surface area (Å²) in [5, 5.41) is 7.36. The molecule has 0 unspecified atom stereocenters. The number of benzene rings is 1. The van der Waals surface area contributed by atoms with Crippen molar-refractivity contribution >= 4 is 5.69 Å². The molecule has 0 amide bonds. The number of aryl methyl sites for hydroxylation is 2. The van der Waals surface area contributed by atoms with Crippen LogP contribution in [0.15, 0.2) is 45.5 Å². The van der Waals surface area contributed by atoms with Crippen LogP contribution in [0.5, 0.6) is 0 Å². The van der Waals surface area contributed by atoms with E-state index in [0.29, 0.717) is 18.1 Å². The molecule has 0 aliphatic rings. The van der Waals surface area contributed by atoms with Gasteiger partial charge in [-0.05, 0) is 31.5 Å². The number of nitrogens with one attached hydrogen (secondary N) is 1. The number of rotatable bonds is 5. The highest BCUT2D eigenvalue weighted by Gasteiger charge is 2.12. The molecule has 3 aromatic rings. The smallest absolute Gasteiger partial charge is 0.228 e. The average Bonchev–Trinajstić information content (AvgIpc) is 3.10. The molecule has 0 fully saturated rings. The summed E-state index contributed by atoms with van der Waals surface area (Å²) in [5.74, 6) is 1.99. The molecule has 0 aliphatic heterocycles. The number of anilines is 1. The summed E-state index contributed by atoms with van der Waals surface area (Å²) in [6.07, 6.45) is 2.30. The van der Waals surface area contributed by atoms with E-state index in [9.17, 15) is 0 Å². The monoisotopic (exact) mass is 283 g/mol. The number of aromatic nitrogens is 2. The second kappa shape index (κ2) is 5.83. The summed E-state index contributed by atoms with van der Waals surface area (Å²) in [5.41, 5.74) is 3.22. The van der Waals surface area contributed by atoms with Crippen molar-refractivity contribution < 1.29 is 8.94 Å². The molecule has 0 radical (unpaired) electrons. The molecule has 0 aliphatic carbocycles. The Kier molecular flexibility index (Phi) is 3.73. The normalized spacial score (nSPS) is 10.8. The summed E-state index contributed by atoms with van der Waals surface area (Å²) in [6.45, 7) is 4.71. The number of nitrogens with zero attached hydrogens (tertiary/aromatic N) is 2. The SMILES string of the molecule is Cc1ccccc1NCCc1nc(-c2ccoc2C)no1. The van der Waals surface area contributed by atoms with E-state index in [0.717, 1.165) is 23.6 Å². The maximum Gasteiger partial charge on any atom is 0.228 e. The third-order valence-corrected chi connectivity index (χ3v) is 3.37. The van der Waals surface area contributed by atoms with Gasteiger partial charge in [0.15, 0.2) is 0 Å². The predicted molar refractivity (Wildman–Crippen MR) is 80.1 cm³/mol. The summed E-state index contributed by atoms with van der Waals surface area (Å²) in [6, 6.07) is 10.0. The Morgan fingerprint density at radius 3 is 2.76 bits per heavy atom. The maximum atomic E-state index is 5.27. The fourth-order valence-corrected chi connectivity index (χ4v) is 2.16. The van der Waals surface area contributed by atoms with Gasteiger partial charge in [-0.2, -0.15) is 4.98 Å². The number of furan rings is 1. The van der Waals surface area contributed by atoms with Gasteiger partial charge in [0.2, 0.25) is 11.7 Å². The Labute approximate surface area is 123 Å². The van der Waals surface area contributed by atoms with Crippen LogP contribution in [0.4, 0.5) is 5.69 Å². The van der Waals surface area contributed by atoms with E-state index < -0.39 is 0 Å². The zero-order valence-corrected chi connectivity index (χ0v) is 12.1. The van der Waals surface area contributed by atoms with Crippen molar-refractivity contribution in [1.82, 2.24) is 10.1 Å². The Morgan fingerprint density at radius 1 is 1.14 bits per heavy atom. The summed E-state index contributed by atoms with van der Waals surface area (Å²) < 4.78 is 10.5. The van der Waals surface area contributed by atoms with Gasteiger partial charge in [-0.25, -0.2) is 0 Å². The van der Waals surface area contributed by atoms with Gasteiger partial charge < -0.3 is 14.3 Å². The molecule has 5 heteroatoms. The van der Waals surface area contributed by atoms with E-state index >= 15 is 0 Å². The Balaban J connectivity index is 1.61. The van der Waals surface area contributed by atoms with Gasteiger partial charge in [0.05, 0.1) is 11.8 Å². The molecule has 0 spiro atoms. The lowest BCUT2D eigenvalue weighted by atomic mass is 10.2. The molecule has 0 bridgehead atoms. The van der Waals surface area contributed by atoms with Crippen molar-refractivity contribution in [2.45, 2.75) is 20.3 Å². The molecule has 0 saturated heterocycles. The zero-order chi connectivity index (χ0) is 14.7. The van der Waals surface area contributed by atoms with Crippen molar-refractivity contribution in [3.8, 4) is 11.4 Å². The molecule has 3 rings (SSSR count). The molecular formula is C16H17N3O2.